The van der Waals surface area contributed by atoms with Gasteiger partial charge in [0.2, 0.25) is 5.82 Å². The van der Waals surface area contributed by atoms with E-state index < -0.39 is 11.7 Å². The molecule has 1 aliphatic rings. The van der Waals surface area contributed by atoms with Crippen molar-refractivity contribution in [3.05, 3.63) is 29.8 Å². The number of benzene rings is 1. The predicted molar refractivity (Wildman–Crippen MR) is 67.3 cm³/mol. The first-order chi connectivity index (χ1) is 10.0. The van der Waals surface area contributed by atoms with Gasteiger partial charge in [-0.1, -0.05) is 12.1 Å². The standard InChI is InChI=1S/C13H13F3N4O/c14-13(15,16)10-3-1-2-9(8-10)12-17-19-20(18-12)11-4-6-21-7-5-11/h1-3,8,11H,4-7H2. The van der Waals surface area contributed by atoms with Crippen LogP contribution in [-0.2, 0) is 10.9 Å². The zero-order chi connectivity index (χ0) is 14.9. The molecule has 21 heavy (non-hydrogen) atoms. The highest BCUT2D eigenvalue weighted by molar-refractivity contribution is 5.55. The Balaban J connectivity index is 1.86. The summed E-state index contributed by atoms with van der Waals surface area (Å²) < 4.78 is 43.4. The third-order valence-electron chi connectivity index (χ3n) is 3.39. The highest BCUT2D eigenvalue weighted by Gasteiger charge is 2.30. The van der Waals surface area contributed by atoms with E-state index in [9.17, 15) is 13.2 Å². The van der Waals surface area contributed by atoms with Crippen molar-refractivity contribution < 1.29 is 17.9 Å². The Labute approximate surface area is 118 Å². The molecule has 0 unspecified atom stereocenters. The topological polar surface area (TPSA) is 52.8 Å². The molecule has 0 N–H and O–H groups in total. The molecule has 3 rings (SSSR count). The molecule has 1 fully saturated rings. The summed E-state index contributed by atoms with van der Waals surface area (Å²) in [6.07, 6.45) is -2.83. The summed E-state index contributed by atoms with van der Waals surface area (Å²) in [6.45, 7) is 1.26. The highest BCUT2D eigenvalue weighted by atomic mass is 19.4. The van der Waals surface area contributed by atoms with E-state index in [2.05, 4.69) is 15.4 Å². The number of aromatic nitrogens is 4. The summed E-state index contributed by atoms with van der Waals surface area (Å²) in [5, 5.41) is 12.0. The third kappa shape index (κ3) is 3.05. The van der Waals surface area contributed by atoms with Crippen LogP contribution in [0, 0.1) is 0 Å². The van der Waals surface area contributed by atoms with Gasteiger partial charge in [-0.3, -0.25) is 0 Å². The zero-order valence-electron chi connectivity index (χ0n) is 11.0. The summed E-state index contributed by atoms with van der Waals surface area (Å²) in [4.78, 5) is 1.47. The minimum atomic E-state index is -4.38. The van der Waals surface area contributed by atoms with Crippen molar-refractivity contribution in [1.82, 2.24) is 20.2 Å². The molecule has 0 radical (unpaired) electrons. The second-order valence-corrected chi connectivity index (χ2v) is 4.86. The molecule has 2 heterocycles. The van der Waals surface area contributed by atoms with Crippen LogP contribution < -0.4 is 0 Å². The maximum absolute atomic E-state index is 12.7. The molecule has 5 nitrogen and oxygen atoms in total. The van der Waals surface area contributed by atoms with Crippen molar-refractivity contribution in [3.63, 3.8) is 0 Å². The van der Waals surface area contributed by atoms with Crippen molar-refractivity contribution in [1.29, 1.82) is 0 Å². The molecular formula is C13H13F3N4O. The first kappa shape index (κ1) is 14.0. The number of rotatable bonds is 2. The summed E-state index contributed by atoms with van der Waals surface area (Å²) in [5.74, 6) is 0.201. The Morgan fingerprint density at radius 2 is 1.95 bits per heavy atom. The van der Waals surface area contributed by atoms with Gasteiger partial charge >= 0.3 is 6.18 Å². The van der Waals surface area contributed by atoms with Crippen LogP contribution in [0.15, 0.2) is 24.3 Å². The second kappa shape index (κ2) is 5.44. The lowest BCUT2D eigenvalue weighted by atomic mass is 10.1. The molecule has 0 saturated carbocycles. The Hall–Kier alpha value is -1.96. The molecule has 2 aromatic rings. The number of nitrogens with zero attached hydrogens (tertiary/aromatic N) is 4. The highest BCUT2D eigenvalue weighted by Crippen LogP contribution is 2.31. The van der Waals surface area contributed by atoms with Crippen LogP contribution >= 0.6 is 0 Å². The van der Waals surface area contributed by atoms with Crippen LogP contribution in [-0.4, -0.2) is 33.4 Å². The Kier molecular flexibility index (Phi) is 3.62. The molecule has 1 aromatic heterocycles. The number of hydrogen-bond donors (Lipinski definition) is 0. The fourth-order valence-corrected chi connectivity index (χ4v) is 2.25. The molecule has 0 bridgehead atoms. The number of ether oxygens (including phenoxy) is 1. The Bertz CT molecular complexity index is 620. The molecule has 0 atom stereocenters. The zero-order valence-corrected chi connectivity index (χ0v) is 11.0. The maximum Gasteiger partial charge on any atom is 0.416 e. The van der Waals surface area contributed by atoms with E-state index in [1.165, 1.54) is 10.9 Å². The fourth-order valence-electron chi connectivity index (χ4n) is 2.25. The maximum atomic E-state index is 12.7. The van der Waals surface area contributed by atoms with Crippen LogP contribution in [0.3, 0.4) is 0 Å². The smallest absolute Gasteiger partial charge is 0.381 e. The van der Waals surface area contributed by atoms with E-state index in [-0.39, 0.29) is 11.9 Å². The number of hydrogen-bond acceptors (Lipinski definition) is 4. The molecule has 0 aliphatic carbocycles. The molecule has 1 saturated heterocycles. The van der Waals surface area contributed by atoms with Crippen LogP contribution in [0.1, 0.15) is 24.4 Å². The fraction of sp³-hybridized carbons (Fsp3) is 0.462. The minimum absolute atomic E-state index is 0.0887. The van der Waals surface area contributed by atoms with Gasteiger partial charge in [0, 0.05) is 18.8 Å². The van der Waals surface area contributed by atoms with Gasteiger partial charge in [-0.25, -0.2) is 0 Å². The first-order valence-corrected chi connectivity index (χ1v) is 6.59. The average Bonchev–Trinajstić information content (AvgIpc) is 2.97. The van der Waals surface area contributed by atoms with Crippen molar-refractivity contribution in [2.75, 3.05) is 13.2 Å². The van der Waals surface area contributed by atoms with Crippen molar-refractivity contribution >= 4 is 0 Å². The molecule has 1 aromatic carbocycles. The lowest BCUT2D eigenvalue weighted by molar-refractivity contribution is -0.137. The van der Waals surface area contributed by atoms with E-state index in [1.807, 2.05) is 0 Å². The van der Waals surface area contributed by atoms with E-state index in [0.29, 0.717) is 18.8 Å². The summed E-state index contributed by atoms with van der Waals surface area (Å²) in [6, 6.07) is 5.02. The summed E-state index contributed by atoms with van der Waals surface area (Å²) in [7, 11) is 0. The SMILES string of the molecule is FC(F)(F)c1cccc(-c2nnn(C3CCOCC3)n2)c1. The number of alkyl halides is 3. The summed E-state index contributed by atoms with van der Waals surface area (Å²) >= 11 is 0. The molecule has 0 spiro atoms. The lowest BCUT2D eigenvalue weighted by Gasteiger charge is -2.20. The van der Waals surface area contributed by atoms with Crippen molar-refractivity contribution in [2.24, 2.45) is 0 Å². The van der Waals surface area contributed by atoms with Gasteiger partial charge in [0.15, 0.2) is 0 Å². The van der Waals surface area contributed by atoms with E-state index >= 15 is 0 Å². The lowest BCUT2D eigenvalue weighted by Crippen LogP contribution is -2.21. The third-order valence-corrected chi connectivity index (χ3v) is 3.39. The molecule has 0 amide bonds. The van der Waals surface area contributed by atoms with Gasteiger partial charge in [-0.05, 0) is 30.2 Å². The van der Waals surface area contributed by atoms with Gasteiger partial charge < -0.3 is 4.74 Å². The number of halogens is 3. The first-order valence-electron chi connectivity index (χ1n) is 6.59. The van der Waals surface area contributed by atoms with Gasteiger partial charge in [-0.2, -0.15) is 18.0 Å². The van der Waals surface area contributed by atoms with Crippen LogP contribution in [0.4, 0.5) is 13.2 Å². The quantitative estimate of drug-likeness (QED) is 0.855. The van der Waals surface area contributed by atoms with Gasteiger partial charge in [-0.15, -0.1) is 10.2 Å². The second-order valence-electron chi connectivity index (χ2n) is 4.86. The largest absolute Gasteiger partial charge is 0.416 e. The van der Waals surface area contributed by atoms with E-state index in [4.69, 9.17) is 4.74 Å². The van der Waals surface area contributed by atoms with Crippen molar-refractivity contribution in [3.8, 4) is 11.4 Å². The minimum Gasteiger partial charge on any atom is -0.381 e. The number of tetrazole rings is 1. The van der Waals surface area contributed by atoms with Gasteiger partial charge in [0.1, 0.15) is 0 Å². The molecular weight excluding hydrogens is 285 g/mol. The summed E-state index contributed by atoms with van der Waals surface area (Å²) in [5.41, 5.74) is -0.412. The van der Waals surface area contributed by atoms with Crippen LogP contribution in [0.2, 0.25) is 0 Å². The molecule has 1 aliphatic heterocycles. The predicted octanol–water partition coefficient (Wildman–Crippen LogP) is 2.71. The van der Waals surface area contributed by atoms with Gasteiger partial charge in [0.05, 0.1) is 11.6 Å². The average molecular weight is 298 g/mol. The Morgan fingerprint density at radius 1 is 1.19 bits per heavy atom. The van der Waals surface area contributed by atoms with E-state index in [0.717, 1.165) is 25.0 Å². The van der Waals surface area contributed by atoms with Crippen LogP contribution in [0.5, 0.6) is 0 Å². The Morgan fingerprint density at radius 3 is 2.67 bits per heavy atom. The van der Waals surface area contributed by atoms with Crippen molar-refractivity contribution in [2.45, 2.75) is 25.1 Å². The van der Waals surface area contributed by atoms with Gasteiger partial charge in [0.25, 0.3) is 0 Å². The molecule has 8 heteroatoms. The molecule has 112 valence electrons. The van der Waals surface area contributed by atoms with Crippen LogP contribution in [0.25, 0.3) is 11.4 Å². The monoisotopic (exact) mass is 298 g/mol. The normalized spacial score (nSPS) is 17.1. The van der Waals surface area contributed by atoms with E-state index in [1.54, 1.807) is 6.07 Å².